The predicted octanol–water partition coefficient (Wildman–Crippen LogP) is 4.70. The molecule has 1 unspecified atom stereocenters. The molecule has 3 rings (SSSR count). The molecule has 3 nitrogen and oxygen atoms in total. The van der Waals surface area contributed by atoms with Gasteiger partial charge >= 0.3 is 0 Å². The number of anilines is 1. The monoisotopic (exact) mass is 333 g/mol. The fourth-order valence-corrected chi connectivity index (χ4v) is 2.86. The summed E-state index contributed by atoms with van der Waals surface area (Å²) in [5.41, 5.74) is 5.01. The van der Waals surface area contributed by atoms with E-state index in [9.17, 15) is 5.11 Å². The lowest BCUT2D eigenvalue weighted by Gasteiger charge is -2.18. The predicted molar refractivity (Wildman–Crippen MR) is 102 cm³/mol. The van der Waals surface area contributed by atoms with Gasteiger partial charge in [0.2, 0.25) is 0 Å². The van der Waals surface area contributed by atoms with Crippen LogP contribution in [0.1, 0.15) is 28.4 Å². The molecule has 3 heteroatoms. The van der Waals surface area contributed by atoms with E-state index in [0.29, 0.717) is 6.54 Å². The molecule has 0 spiro atoms. The first kappa shape index (κ1) is 17.1. The molecular formula is C22H23NO2. The highest BCUT2D eigenvalue weighted by atomic mass is 16.5. The van der Waals surface area contributed by atoms with Crippen LogP contribution in [0.2, 0.25) is 0 Å². The van der Waals surface area contributed by atoms with E-state index in [0.717, 1.165) is 33.7 Å². The van der Waals surface area contributed by atoms with Gasteiger partial charge in [-0.25, -0.2) is 0 Å². The van der Waals surface area contributed by atoms with Crippen molar-refractivity contribution in [2.45, 2.75) is 19.6 Å². The van der Waals surface area contributed by atoms with Crippen molar-refractivity contribution in [1.82, 2.24) is 0 Å². The topological polar surface area (TPSA) is 41.5 Å². The third-order valence-corrected chi connectivity index (χ3v) is 4.26. The Hall–Kier alpha value is -2.78. The van der Waals surface area contributed by atoms with Gasteiger partial charge in [0.15, 0.2) is 0 Å². The molecule has 0 heterocycles. The van der Waals surface area contributed by atoms with Gasteiger partial charge in [-0.2, -0.15) is 0 Å². The molecule has 128 valence electrons. The average molecular weight is 333 g/mol. The van der Waals surface area contributed by atoms with E-state index in [1.165, 1.54) is 0 Å². The van der Waals surface area contributed by atoms with Gasteiger partial charge in [-0.15, -0.1) is 0 Å². The Labute approximate surface area is 148 Å². The highest BCUT2D eigenvalue weighted by molar-refractivity contribution is 5.54. The van der Waals surface area contributed by atoms with Crippen LogP contribution in [0.5, 0.6) is 5.75 Å². The van der Waals surface area contributed by atoms with E-state index < -0.39 is 6.10 Å². The van der Waals surface area contributed by atoms with Crippen LogP contribution in [0.4, 0.5) is 5.69 Å². The summed E-state index contributed by atoms with van der Waals surface area (Å²) in [6, 6.07) is 23.8. The standard InChI is InChI=1S/C22H23NO2/c1-16-6-5-7-18(14-16)22(24)20-8-3-4-9-21(20)23-15-17-10-12-19(25-2)13-11-17/h3-14,22-24H,15H2,1-2H3. The normalized spacial score (nSPS) is 11.8. The number of aryl methyl sites for hydroxylation is 1. The number of hydrogen-bond donors (Lipinski definition) is 2. The van der Waals surface area contributed by atoms with Gasteiger partial charge in [-0.05, 0) is 36.2 Å². The molecule has 25 heavy (non-hydrogen) atoms. The summed E-state index contributed by atoms with van der Waals surface area (Å²) in [4.78, 5) is 0. The number of para-hydroxylation sites is 1. The summed E-state index contributed by atoms with van der Waals surface area (Å²) in [5, 5.41) is 14.2. The first-order valence-corrected chi connectivity index (χ1v) is 8.38. The zero-order valence-corrected chi connectivity index (χ0v) is 14.6. The molecule has 0 aliphatic heterocycles. The molecule has 0 radical (unpaired) electrons. The summed E-state index contributed by atoms with van der Waals surface area (Å²) < 4.78 is 5.19. The second-order valence-electron chi connectivity index (χ2n) is 6.11. The summed E-state index contributed by atoms with van der Waals surface area (Å²) >= 11 is 0. The van der Waals surface area contributed by atoms with Gasteiger partial charge in [0.25, 0.3) is 0 Å². The molecule has 0 aromatic heterocycles. The first-order valence-electron chi connectivity index (χ1n) is 8.38. The van der Waals surface area contributed by atoms with E-state index in [4.69, 9.17) is 4.74 Å². The third kappa shape index (κ3) is 4.20. The number of ether oxygens (including phenoxy) is 1. The van der Waals surface area contributed by atoms with Gasteiger partial charge < -0.3 is 15.2 Å². The van der Waals surface area contributed by atoms with Crippen LogP contribution in [0.15, 0.2) is 72.8 Å². The average Bonchev–Trinajstić information content (AvgIpc) is 2.66. The molecule has 0 saturated heterocycles. The van der Waals surface area contributed by atoms with Crippen molar-refractivity contribution in [3.8, 4) is 5.75 Å². The van der Waals surface area contributed by atoms with Crippen molar-refractivity contribution in [2.24, 2.45) is 0 Å². The second-order valence-corrected chi connectivity index (χ2v) is 6.11. The van der Waals surface area contributed by atoms with Crippen LogP contribution in [0.3, 0.4) is 0 Å². The number of hydrogen-bond acceptors (Lipinski definition) is 3. The van der Waals surface area contributed by atoms with Crippen molar-refractivity contribution in [3.05, 3.63) is 95.1 Å². The van der Waals surface area contributed by atoms with Crippen LogP contribution in [-0.4, -0.2) is 12.2 Å². The Morgan fingerprint density at radius 1 is 0.960 bits per heavy atom. The molecule has 3 aromatic carbocycles. The number of benzene rings is 3. The molecular weight excluding hydrogens is 310 g/mol. The van der Waals surface area contributed by atoms with Gasteiger partial charge in [0.05, 0.1) is 7.11 Å². The van der Waals surface area contributed by atoms with Crippen molar-refractivity contribution >= 4 is 5.69 Å². The highest BCUT2D eigenvalue weighted by Crippen LogP contribution is 2.29. The van der Waals surface area contributed by atoms with E-state index in [1.54, 1.807) is 7.11 Å². The summed E-state index contributed by atoms with van der Waals surface area (Å²) in [7, 11) is 1.66. The Morgan fingerprint density at radius 3 is 2.44 bits per heavy atom. The molecule has 3 aromatic rings. The Morgan fingerprint density at radius 2 is 1.72 bits per heavy atom. The second kappa shape index (κ2) is 7.86. The molecule has 0 bridgehead atoms. The lowest BCUT2D eigenvalue weighted by molar-refractivity contribution is 0.221. The minimum atomic E-state index is -0.653. The molecule has 0 fully saturated rings. The van der Waals surface area contributed by atoms with E-state index in [1.807, 2.05) is 79.7 Å². The largest absolute Gasteiger partial charge is 0.497 e. The summed E-state index contributed by atoms with van der Waals surface area (Å²) in [6.45, 7) is 2.71. The van der Waals surface area contributed by atoms with Crippen molar-refractivity contribution in [3.63, 3.8) is 0 Å². The van der Waals surface area contributed by atoms with Crippen LogP contribution >= 0.6 is 0 Å². The van der Waals surface area contributed by atoms with Crippen molar-refractivity contribution < 1.29 is 9.84 Å². The summed E-state index contributed by atoms with van der Waals surface area (Å²) in [5.74, 6) is 0.846. The molecule has 0 aliphatic rings. The van der Waals surface area contributed by atoms with E-state index in [2.05, 4.69) is 5.32 Å². The zero-order chi connectivity index (χ0) is 17.6. The Kier molecular flexibility index (Phi) is 5.36. The Bertz CT molecular complexity index is 827. The van der Waals surface area contributed by atoms with Crippen molar-refractivity contribution in [2.75, 3.05) is 12.4 Å². The fourth-order valence-electron chi connectivity index (χ4n) is 2.86. The maximum absolute atomic E-state index is 10.8. The molecule has 0 aliphatic carbocycles. The van der Waals surface area contributed by atoms with Crippen LogP contribution < -0.4 is 10.1 Å². The maximum Gasteiger partial charge on any atom is 0.118 e. The van der Waals surface area contributed by atoms with Crippen LogP contribution in [0.25, 0.3) is 0 Å². The highest BCUT2D eigenvalue weighted by Gasteiger charge is 2.14. The van der Waals surface area contributed by atoms with E-state index >= 15 is 0 Å². The van der Waals surface area contributed by atoms with Crippen LogP contribution in [0, 0.1) is 6.92 Å². The molecule has 0 saturated carbocycles. The number of aliphatic hydroxyl groups excluding tert-OH is 1. The molecule has 0 amide bonds. The van der Waals surface area contributed by atoms with Crippen LogP contribution in [-0.2, 0) is 6.54 Å². The quantitative estimate of drug-likeness (QED) is 0.687. The fraction of sp³-hybridized carbons (Fsp3) is 0.182. The van der Waals surface area contributed by atoms with Crippen molar-refractivity contribution in [1.29, 1.82) is 0 Å². The smallest absolute Gasteiger partial charge is 0.118 e. The number of methoxy groups -OCH3 is 1. The van der Waals surface area contributed by atoms with Gasteiger partial charge in [0.1, 0.15) is 11.9 Å². The summed E-state index contributed by atoms with van der Waals surface area (Å²) in [6.07, 6.45) is -0.653. The minimum Gasteiger partial charge on any atom is -0.497 e. The first-order chi connectivity index (χ1) is 12.2. The maximum atomic E-state index is 10.8. The number of rotatable bonds is 6. The van der Waals surface area contributed by atoms with Gasteiger partial charge in [-0.3, -0.25) is 0 Å². The zero-order valence-electron chi connectivity index (χ0n) is 14.6. The molecule has 2 N–H and O–H groups in total. The Balaban J connectivity index is 1.78. The van der Waals surface area contributed by atoms with Gasteiger partial charge in [-0.1, -0.05) is 60.2 Å². The number of nitrogens with one attached hydrogen (secondary N) is 1. The van der Waals surface area contributed by atoms with Gasteiger partial charge in [0, 0.05) is 17.8 Å². The van der Waals surface area contributed by atoms with E-state index in [-0.39, 0.29) is 0 Å². The molecule has 1 atom stereocenters. The lowest BCUT2D eigenvalue weighted by atomic mass is 9.98. The number of aliphatic hydroxyl groups is 1. The third-order valence-electron chi connectivity index (χ3n) is 4.26. The minimum absolute atomic E-state index is 0.653. The lowest BCUT2D eigenvalue weighted by Crippen LogP contribution is -2.07. The SMILES string of the molecule is COc1ccc(CNc2ccccc2C(O)c2cccc(C)c2)cc1.